The number of hydrogen-bond donors (Lipinski definition) is 1. The van der Waals surface area contributed by atoms with Gasteiger partial charge >= 0.3 is 0 Å². The lowest BCUT2D eigenvalue weighted by Crippen LogP contribution is -2.40. The van der Waals surface area contributed by atoms with Crippen molar-refractivity contribution in [3.05, 3.63) is 80.9 Å². The van der Waals surface area contributed by atoms with Gasteiger partial charge in [-0.15, -0.1) is 5.10 Å². The predicted octanol–water partition coefficient (Wildman–Crippen LogP) is 4.82. The summed E-state index contributed by atoms with van der Waals surface area (Å²) in [5.74, 6) is 0.693. The van der Waals surface area contributed by atoms with E-state index in [1.807, 2.05) is 23.7 Å². The normalized spacial score (nSPS) is 14.9. The molecule has 0 saturated carbocycles. The number of hydrogen-bond acceptors (Lipinski definition) is 5. The maximum Gasteiger partial charge on any atom is 0.254 e. The number of nitrogens with zero attached hydrogens (tertiary/aromatic N) is 5. The van der Waals surface area contributed by atoms with E-state index in [2.05, 4.69) is 83.4 Å². The number of aromatic amines is 1. The van der Waals surface area contributed by atoms with Crippen molar-refractivity contribution < 1.29 is 0 Å². The van der Waals surface area contributed by atoms with Crippen LogP contribution in [0.1, 0.15) is 67.7 Å². The molecule has 1 N–H and O–H groups in total. The number of aryl methyl sites for hydroxylation is 3. The minimum atomic E-state index is -0.406. The molecule has 7 heteroatoms. The number of rotatable bonds is 5. The van der Waals surface area contributed by atoms with Crippen molar-refractivity contribution in [3.63, 3.8) is 0 Å². The van der Waals surface area contributed by atoms with Gasteiger partial charge in [-0.3, -0.25) is 4.79 Å². The Morgan fingerprint density at radius 3 is 2.74 bits per heavy atom. The van der Waals surface area contributed by atoms with E-state index < -0.39 is 6.04 Å². The first-order chi connectivity index (χ1) is 16.3. The number of tetrazole rings is 1. The molecule has 1 atom stereocenters. The zero-order valence-corrected chi connectivity index (χ0v) is 20.6. The van der Waals surface area contributed by atoms with E-state index in [0.717, 1.165) is 53.5 Å². The van der Waals surface area contributed by atoms with Crippen LogP contribution in [0.25, 0.3) is 10.9 Å². The Labute approximate surface area is 199 Å². The fourth-order valence-electron chi connectivity index (χ4n) is 5.12. The molecule has 1 aliphatic heterocycles. The zero-order valence-electron chi connectivity index (χ0n) is 20.6. The van der Waals surface area contributed by atoms with Gasteiger partial charge in [0.25, 0.3) is 5.56 Å². The maximum atomic E-state index is 13.6. The van der Waals surface area contributed by atoms with Crippen molar-refractivity contribution in [2.45, 2.75) is 65.5 Å². The highest BCUT2D eigenvalue weighted by atomic mass is 16.1. The zero-order chi connectivity index (χ0) is 24.0. The van der Waals surface area contributed by atoms with E-state index in [1.165, 1.54) is 5.56 Å². The molecule has 176 valence electrons. The van der Waals surface area contributed by atoms with Crippen LogP contribution in [0.4, 0.5) is 5.69 Å². The molecule has 4 aromatic rings. The Kier molecular flexibility index (Phi) is 5.50. The van der Waals surface area contributed by atoms with Crippen molar-refractivity contribution in [2.24, 2.45) is 0 Å². The maximum absolute atomic E-state index is 13.6. The minimum absolute atomic E-state index is 0.102. The monoisotopic (exact) mass is 456 g/mol. The van der Waals surface area contributed by atoms with Crippen LogP contribution < -0.4 is 10.5 Å². The summed E-state index contributed by atoms with van der Waals surface area (Å²) in [6, 6.07) is 14.3. The number of nitrogens with one attached hydrogen (secondary N) is 1. The van der Waals surface area contributed by atoms with E-state index in [4.69, 9.17) is 0 Å². The molecule has 0 saturated heterocycles. The van der Waals surface area contributed by atoms with Gasteiger partial charge in [0.1, 0.15) is 6.04 Å². The second-order valence-corrected chi connectivity index (χ2v) is 10.0. The van der Waals surface area contributed by atoms with Crippen molar-refractivity contribution in [1.29, 1.82) is 0 Å². The van der Waals surface area contributed by atoms with Crippen molar-refractivity contribution in [3.8, 4) is 0 Å². The molecule has 1 aliphatic rings. The molecule has 2 aromatic carbocycles. The summed E-state index contributed by atoms with van der Waals surface area (Å²) < 4.78 is 1.90. The highest BCUT2D eigenvalue weighted by Gasteiger charge is 2.36. The van der Waals surface area contributed by atoms with E-state index in [-0.39, 0.29) is 11.1 Å². The Bertz CT molecular complexity index is 1420. The van der Waals surface area contributed by atoms with Crippen LogP contribution in [-0.2, 0) is 12.0 Å². The fraction of sp³-hybridized carbons (Fsp3) is 0.407. The number of aromatic nitrogens is 5. The van der Waals surface area contributed by atoms with Crippen LogP contribution in [0.3, 0.4) is 0 Å². The van der Waals surface area contributed by atoms with Crippen LogP contribution in [0.2, 0.25) is 0 Å². The molecule has 0 amide bonds. The molecule has 0 fully saturated rings. The van der Waals surface area contributed by atoms with Crippen molar-refractivity contribution in [2.75, 3.05) is 11.4 Å². The molecule has 2 aromatic heterocycles. The first-order valence-corrected chi connectivity index (χ1v) is 12.1. The first kappa shape index (κ1) is 22.3. The van der Waals surface area contributed by atoms with Gasteiger partial charge in [-0.05, 0) is 92.3 Å². The van der Waals surface area contributed by atoms with Gasteiger partial charge in [-0.25, -0.2) is 4.68 Å². The topological polar surface area (TPSA) is 79.7 Å². The van der Waals surface area contributed by atoms with Crippen LogP contribution in [0.5, 0.6) is 0 Å². The smallest absolute Gasteiger partial charge is 0.254 e. The third-order valence-electron chi connectivity index (χ3n) is 7.27. The van der Waals surface area contributed by atoms with Crippen LogP contribution in [-0.4, -0.2) is 31.7 Å². The van der Waals surface area contributed by atoms with Gasteiger partial charge in [-0.1, -0.05) is 31.2 Å². The average Bonchev–Trinajstić information content (AvgIpc) is 3.30. The molecule has 0 spiro atoms. The Balaban J connectivity index is 1.79. The van der Waals surface area contributed by atoms with Gasteiger partial charge < -0.3 is 9.88 Å². The predicted molar refractivity (Wildman–Crippen MR) is 135 cm³/mol. The largest absolute Gasteiger partial charge is 0.357 e. The standard InChI is InChI=1S/C27H32N6O/c1-6-27(4,5)33-25(29-30-31-33)24(32-13-9-11-19-10-7-8-12-23(19)32)21-16-20-18(3)14-17(2)15-22(20)28-26(21)34/h7-8,10,12,14-16,24H,6,9,11,13H2,1-5H3,(H,28,34). The van der Waals surface area contributed by atoms with Crippen LogP contribution in [0, 0.1) is 13.8 Å². The average molecular weight is 457 g/mol. The molecule has 34 heavy (non-hydrogen) atoms. The second-order valence-electron chi connectivity index (χ2n) is 10.0. The fourth-order valence-corrected chi connectivity index (χ4v) is 5.12. The van der Waals surface area contributed by atoms with E-state index in [0.29, 0.717) is 11.4 Å². The summed E-state index contributed by atoms with van der Waals surface area (Å²) in [5, 5.41) is 14.0. The second kappa shape index (κ2) is 8.38. The lowest BCUT2D eigenvalue weighted by molar-refractivity contribution is 0.287. The number of anilines is 1. The number of pyridine rings is 1. The van der Waals surface area contributed by atoms with Gasteiger partial charge in [0.05, 0.1) is 5.54 Å². The molecule has 0 radical (unpaired) electrons. The number of benzene rings is 2. The van der Waals surface area contributed by atoms with Crippen molar-refractivity contribution >= 4 is 16.6 Å². The van der Waals surface area contributed by atoms with Crippen LogP contribution in [0.15, 0.2) is 47.3 Å². The van der Waals surface area contributed by atoms with Crippen LogP contribution >= 0.6 is 0 Å². The third kappa shape index (κ3) is 3.69. The summed E-state index contributed by atoms with van der Waals surface area (Å²) in [5.41, 5.74) is 5.83. The van der Waals surface area contributed by atoms with Crippen molar-refractivity contribution in [1.82, 2.24) is 25.2 Å². The highest BCUT2D eigenvalue weighted by molar-refractivity contribution is 5.83. The quantitative estimate of drug-likeness (QED) is 0.466. The number of para-hydroxylation sites is 1. The van der Waals surface area contributed by atoms with E-state index in [1.54, 1.807) is 0 Å². The summed E-state index contributed by atoms with van der Waals surface area (Å²) in [6.45, 7) is 11.4. The molecule has 3 heterocycles. The first-order valence-electron chi connectivity index (χ1n) is 12.1. The summed E-state index contributed by atoms with van der Waals surface area (Å²) in [4.78, 5) is 19.1. The molecular formula is C27H32N6O. The Morgan fingerprint density at radius 2 is 1.94 bits per heavy atom. The SMILES string of the molecule is CCC(C)(C)n1nnnc1C(c1cc2c(C)cc(C)cc2[nH]c1=O)N1CCCc2ccccc21. The molecule has 7 nitrogen and oxygen atoms in total. The van der Waals surface area contributed by atoms with E-state index >= 15 is 0 Å². The van der Waals surface area contributed by atoms with Gasteiger partial charge in [0, 0.05) is 28.7 Å². The summed E-state index contributed by atoms with van der Waals surface area (Å²) in [7, 11) is 0. The van der Waals surface area contributed by atoms with E-state index in [9.17, 15) is 4.79 Å². The summed E-state index contributed by atoms with van der Waals surface area (Å²) in [6.07, 6.45) is 2.90. The highest BCUT2D eigenvalue weighted by Crippen LogP contribution is 2.38. The molecule has 0 bridgehead atoms. The molecule has 0 aliphatic carbocycles. The minimum Gasteiger partial charge on any atom is -0.357 e. The van der Waals surface area contributed by atoms with Gasteiger partial charge in [-0.2, -0.15) is 0 Å². The third-order valence-corrected chi connectivity index (χ3v) is 7.27. The Morgan fingerprint density at radius 1 is 1.15 bits per heavy atom. The number of fused-ring (bicyclic) bond motifs is 2. The Hall–Kier alpha value is -3.48. The lowest BCUT2D eigenvalue weighted by atomic mass is 9.94. The lowest BCUT2D eigenvalue weighted by Gasteiger charge is -2.38. The molecule has 5 rings (SSSR count). The molecular weight excluding hydrogens is 424 g/mol. The molecule has 1 unspecified atom stereocenters. The summed E-state index contributed by atoms with van der Waals surface area (Å²) >= 11 is 0. The van der Waals surface area contributed by atoms with Gasteiger partial charge in [0.2, 0.25) is 0 Å². The number of H-pyrrole nitrogens is 1. The van der Waals surface area contributed by atoms with Gasteiger partial charge in [0.15, 0.2) is 5.82 Å².